The van der Waals surface area contributed by atoms with Gasteiger partial charge in [-0.05, 0) is 47.9 Å². The minimum absolute atomic E-state index is 0.0189. The van der Waals surface area contributed by atoms with Crippen LogP contribution in [0.1, 0.15) is 37.6 Å². The zero-order valence-electron chi connectivity index (χ0n) is 21.0. The first-order valence-corrected chi connectivity index (χ1v) is 12.3. The fourth-order valence-electron chi connectivity index (χ4n) is 3.36. The molecule has 0 spiro atoms. The lowest BCUT2D eigenvalue weighted by Crippen LogP contribution is -2.37. The summed E-state index contributed by atoms with van der Waals surface area (Å²) in [6.45, 7) is 7.86. The Morgan fingerprint density at radius 3 is 2.47 bits per heavy atom. The van der Waals surface area contributed by atoms with Crippen molar-refractivity contribution in [3.63, 3.8) is 0 Å². The number of para-hydroxylation sites is 1. The first-order chi connectivity index (χ1) is 17.2. The van der Waals surface area contributed by atoms with Crippen molar-refractivity contribution in [2.24, 2.45) is 5.41 Å². The fraction of sp³-hybridized carbons (Fsp3) is 0.321. The second-order valence-electron chi connectivity index (χ2n) is 9.55. The van der Waals surface area contributed by atoms with E-state index in [4.69, 9.17) is 16.3 Å². The van der Waals surface area contributed by atoms with Crippen LogP contribution in [0.15, 0.2) is 72.9 Å². The predicted molar refractivity (Wildman–Crippen MR) is 145 cm³/mol. The summed E-state index contributed by atoms with van der Waals surface area (Å²) >= 11 is 6.32. The molecule has 0 aliphatic heterocycles. The van der Waals surface area contributed by atoms with Crippen molar-refractivity contribution in [1.29, 1.82) is 0 Å². The number of aromatic nitrogens is 1. The van der Waals surface area contributed by atoms with Crippen molar-refractivity contribution in [1.82, 2.24) is 10.3 Å². The zero-order chi connectivity index (χ0) is 26.0. The highest BCUT2D eigenvalue weighted by atomic mass is 35.5. The third-order valence-corrected chi connectivity index (χ3v) is 5.37. The van der Waals surface area contributed by atoms with Crippen LogP contribution in [0.5, 0.6) is 5.75 Å². The van der Waals surface area contributed by atoms with Gasteiger partial charge >= 0.3 is 0 Å². The Balaban J connectivity index is 1.68. The molecule has 2 amide bonds. The van der Waals surface area contributed by atoms with Gasteiger partial charge in [-0.2, -0.15) is 0 Å². The van der Waals surface area contributed by atoms with E-state index in [1.807, 2.05) is 48.5 Å². The topological polar surface area (TPSA) is 83.6 Å². The number of halogens is 1. The molecule has 0 fully saturated rings. The number of hydrogen-bond donors (Lipinski definition) is 2. The van der Waals surface area contributed by atoms with Crippen LogP contribution in [0, 0.1) is 5.41 Å². The van der Waals surface area contributed by atoms with Crippen LogP contribution in [0.2, 0.25) is 5.02 Å². The van der Waals surface area contributed by atoms with E-state index in [0.29, 0.717) is 41.7 Å². The molecule has 2 N–H and O–H groups in total. The molecule has 36 heavy (non-hydrogen) atoms. The van der Waals surface area contributed by atoms with Gasteiger partial charge in [-0.25, -0.2) is 4.98 Å². The van der Waals surface area contributed by atoms with E-state index in [9.17, 15) is 9.59 Å². The van der Waals surface area contributed by atoms with E-state index in [-0.39, 0.29) is 30.2 Å². The minimum Gasteiger partial charge on any atom is -0.492 e. The molecule has 0 aliphatic carbocycles. The highest BCUT2D eigenvalue weighted by Crippen LogP contribution is 2.24. The zero-order valence-corrected chi connectivity index (χ0v) is 21.7. The summed E-state index contributed by atoms with van der Waals surface area (Å²) in [4.78, 5) is 31.8. The molecule has 3 rings (SSSR count). The largest absolute Gasteiger partial charge is 0.492 e. The van der Waals surface area contributed by atoms with E-state index >= 15 is 0 Å². The molecule has 2 aromatic carbocycles. The summed E-state index contributed by atoms with van der Waals surface area (Å²) in [5.41, 5.74) is 1.07. The lowest BCUT2D eigenvalue weighted by molar-refractivity contribution is -0.121. The molecule has 0 saturated heterocycles. The molecule has 0 atom stereocenters. The molecule has 1 aromatic heterocycles. The summed E-state index contributed by atoms with van der Waals surface area (Å²) < 4.78 is 5.84. The van der Waals surface area contributed by atoms with Crippen LogP contribution in [0.3, 0.4) is 0 Å². The molecule has 0 saturated carbocycles. The Bertz CT molecular complexity index is 1130. The number of ether oxygens (including phenoxy) is 1. The van der Waals surface area contributed by atoms with Gasteiger partial charge in [-0.15, -0.1) is 0 Å². The number of pyridine rings is 1. The number of benzene rings is 2. The number of nitrogens with zero attached hydrogens (tertiary/aromatic N) is 2. The average Bonchev–Trinajstić information content (AvgIpc) is 2.86. The van der Waals surface area contributed by atoms with Gasteiger partial charge in [-0.1, -0.05) is 56.6 Å². The van der Waals surface area contributed by atoms with Gasteiger partial charge in [0, 0.05) is 42.0 Å². The second kappa shape index (κ2) is 12.9. The molecular weight excluding hydrogens is 476 g/mol. The van der Waals surface area contributed by atoms with E-state index in [2.05, 4.69) is 36.4 Å². The Morgan fingerprint density at radius 1 is 1.03 bits per heavy atom. The summed E-state index contributed by atoms with van der Waals surface area (Å²) in [7, 11) is 0. The van der Waals surface area contributed by atoms with Gasteiger partial charge in [0.1, 0.15) is 18.2 Å². The van der Waals surface area contributed by atoms with Crippen LogP contribution in [-0.4, -0.2) is 43.0 Å². The van der Waals surface area contributed by atoms with Crippen molar-refractivity contribution < 1.29 is 14.3 Å². The molecule has 0 radical (unpaired) electrons. The molecule has 7 nitrogen and oxygen atoms in total. The predicted octanol–water partition coefficient (Wildman–Crippen LogP) is 5.43. The van der Waals surface area contributed by atoms with Crippen molar-refractivity contribution in [3.05, 3.63) is 83.5 Å². The van der Waals surface area contributed by atoms with Gasteiger partial charge in [0.25, 0.3) is 5.91 Å². The number of carbonyl (C=O) groups is 2. The standard InChI is InChI=1S/C28H33ClN4O3/c1-28(2,3)20-32-26(34)12-15-33(23-9-5-4-6-10-23)27(35)21-17-22(29)19-24(18-21)36-16-14-31-25-11-7-8-13-30-25/h4-11,13,17-19H,12,14-16,20H2,1-3H3,(H,30,31)(H,32,34). The van der Waals surface area contributed by atoms with Gasteiger partial charge in [-0.3, -0.25) is 9.59 Å². The van der Waals surface area contributed by atoms with Gasteiger partial charge < -0.3 is 20.3 Å². The Hall–Kier alpha value is -3.58. The van der Waals surface area contributed by atoms with Crippen molar-refractivity contribution in [2.45, 2.75) is 27.2 Å². The molecule has 1 heterocycles. The first-order valence-electron chi connectivity index (χ1n) is 11.9. The number of anilines is 2. The second-order valence-corrected chi connectivity index (χ2v) is 9.98. The average molecular weight is 509 g/mol. The molecular formula is C28H33ClN4O3. The lowest BCUT2D eigenvalue weighted by Gasteiger charge is -2.24. The fourth-order valence-corrected chi connectivity index (χ4v) is 3.59. The molecule has 8 heteroatoms. The van der Waals surface area contributed by atoms with Crippen molar-refractivity contribution in [2.75, 3.05) is 36.5 Å². The number of carbonyl (C=O) groups excluding carboxylic acids is 2. The minimum atomic E-state index is -0.260. The smallest absolute Gasteiger partial charge is 0.258 e. The maximum Gasteiger partial charge on any atom is 0.258 e. The van der Waals surface area contributed by atoms with Crippen LogP contribution in [0.25, 0.3) is 0 Å². The maximum atomic E-state index is 13.6. The van der Waals surface area contributed by atoms with Crippen molar-refractivity contribution in [3.8, 4) is 5.75 Å². The summed E-state index contributed by atoms with van der Waals surface area (Å²) in [5.74, 6) is 0.885. The normalized spacial score (nSPS) is 11.0. The summed E-state index contributed by atoms with van der Waals surface area (Å²) in [5, 5.41) is 6.50. The van der Waals surface area contributed by atoms with Crippen LogP contribution < -0.4 is 20.3 Å². The number of hydrogen-bond acceptors (Lipinski definition) is 5. The van der Waals surface area contributed by atoms with E-state index < -0.39 is 0 Å². The third kappa shape index (κ3) is 8.89. The monoisotopic (exact) mass is 508 g/mol. The van der Waals surface area contributed by atoms with Crippen LogP contribution in [-0.2, 0) is 4.79 Å². The van der Waals surface area contributed by atoms with Gasteiger partial charge in [0.05, 0.1) is 6.54 Å². The first kappa shape index (κ1) is 27.0. The summed E-state index contributed by atoms with van der Waals surface area (Å²) in [6, 6.07) is 19.9. The number of amides is 2. The van der Waals surface area contributed by atoms with Gasteiger partial charge in [0.2, 0.25) is 5.91 Å². The van der Waals surface area contributed by atoms with E-state index in [1.165, 1.54) is 0 Å². The molecule has 0 unspecified atom stereocenters. The molecule has 0 bridgehead atoms. The summed E-state index contributed by atoms with van der Waals surface area (Å²) in [6.07, 6.45) is 1.89. The van der Waals surface area contributed by atoms with Crippen LogP contribution in [0.4, 0.5) is 11.5 Å². The number of nitrogens with one attached hydrogen (secondary N) is 2. The van der Waals surface area contributed by atoms with Crippen LogP contribution >= 0.6 is 11.6 Å². The quantitative estimate of drug-likeness (QED) is 0.338. The molecule has 190 valence electrons. The van der Waals surface area contributed by atoms with Crippen molar-refractivity contribution >= 4 is 34.9 Å². The Morgan fingerprint density at radius 2 is 1.78 bits per heavy atom. The number of rotatable bonds is 11. The molecule has 0 aliphatic rings. The lowest BCUT2D eigenvalue weighted by atomic mass is 9.97. The molecule has 3 aromatic rings. The third-order valence-electron chi connectivity index (χ3n) is 5.15. The van der Waals surface area contributed by atoms with Gasteiger partial charge in [0.15, 0.2) is 0 Å². The highest BCUT2D eigenvalue weighted by molar-refractivity contribution is 6.31. The highest BCUT2D eigenvalue weighted by Gasteiger charge is 2.21. The maximum absolute atomic E-state index is 13.6. The Labute approximate surface area is 217 Å². The van der Waals surface area contributed by atoms with E-state index in [1.54, 1.807) is 29.3 Å². The van der Waals surface area contributed by atoms with E-state index in [0.717, 1.165) is 5.82 Å². The SMILES string of the molecule is CC(C)(C)CNC(=O)CCN(C(=O)c1cc(Cl)cc(OCCNc2ccccn2)c1)c1ccccc1. The Kier molecular flexibility index (Phi) is 9.70.